The van der Waals surface area contributed by atoms with Crippen LogP contribution in [-0.4, -0.2) is 24.2 Å². The normalized spacial score (nSPS) is 13.8. The summed E-state index contributed by atoms with van der Waals surface area (Å²) in [5.74, 6) is 2.09. The summed E-state index contributed by atoms with van der Waals surface area (Å²) in [5.41, 5.74) is 0. The van der Waals surface area contributed by atoms with Crippen molar-refractivity contribution in [2.45, 2.75) is 51.6 Å². The summed E-state index contributed by atoms with van der Waals surface area (Å²) in [6, 6.07) is 82.7. The van der Waals surface area contributed by atoms with Crippen molar-refractivity contribution in [1.29, 1.82) is 0 Å². The van der Waals surface area contributed by atoms with Crippen LogP contribution in [0, 0.1) is 0 Å². The van der Waals surface area contributed by atoms with Crippen molar-refractivity contribution in [1.82, 2.24) is 0 Å². The molecule has 1 nitrogen and oxygen atoms in total. The lowest BCUT2D eigenvalue weighted by atomic mass is 10.2. The van der Waals surface area contributed by atoms with E-state index in [0.29, 0.717) is 0 Å². The smallest absolute Gasteiger partial charge is 0.188 e. The first-order valence-electron chi connectivity index (χ1n) is 21.4. The van der Waals surface area contributed by atoms with Crippen molar-refractivity contribution in [2.75, 3.05) is 0 Å². The molecule has 0 aromatic heterocycles. The molecule has 0 aliphatic carbocycles. The summed E-state index contributed by atoms with van der Waals surface area (Å²) in [4.78, 5) is 0. The van der Waals surface area contributed by atoms with Gasteiger partial charge in [-0.3, -0.25) is 0 Å². The van der Waals surface area contributed by atoms with Gasteiger partial charge in [0.1, 0.15) is 11.5 Å². The van der Waals surface area contributed by atoms with Gasteiger partial charge in [0.05, 0.1) is 0 Å². The Morgan fingerprint density at radius 2 is 0.583 bits per heavy atom. The van der Waals surface area contributed by atoms with Crippen molar-refractivity contribution < 1.29 is 4.74 Å². The van der Waals surface area contributed by atoms with Crippen molar-refractivity contribution in [3.05, 3.63) is 218 Å². The van der Waals surface area contributed by atoms with Gasteiger partial charge in [-0.2, -0.15) is 0 Å². The van der Waals surface area contributed by atoms with Gasteiger partial charge in [0.2, 0.25) is 0 Å². The molecule has 0 saturated carbocycles. The molecule has 1 aliphatic heterocycles. The Balaban J connectivity index is 1.51. The van der Waals surface area contributed by atoms with E-state index >= 15 is 0 Å². The maximum absolute atomic E-state index is 8.13. The molecule has 4 heteroatoms. The van der Waals surface area contributed by atoms with Crippen LogP contribution >= 0.6 is 0 Å². The van der Waals surface area contributed by atoms with Gasteiger partial charge >= 0.3 is 0 Å². The van der Waals surface area contributed by atoms with E-state index in [9.17, 15) is 0 Å². The summed E-state index contributed by atoms with van der Waals surface area (Å²) >= 11 is 0. The highest BCUT2D eigenvalue weighted by Crippen LogP contribution is 2.42. The van der Waals surface area contributed by atoms with Gasteiger partial charge in [0, 0.05) is 0 Å². The largest absolute Gasteiger partial charge is 0.458 e. The van der Waals surface area contributed by atoms with E-state index in [1.807, 2.05) is 0 Å². The van der Waals surface area contributed by atoms with E-state index in [1.54, 1.807) is 0 Å². The third-order valence-corrected chi connectivity index (χ3v) is 29.8. The third-order valence-electron chi connectivity index (χ3n) is 13.3. The van der Waals surface area contributed by atoms with Gasteiger partial charge in [0.25, 0.3) is 0 Å². The molecule has 0 saturated heterocycles. The molecule has 296 valence electrons. The average Bonchev–Trinajstić information content (AvgIpc) is 3.27. The fraction of sp³-hybridized carbons (Fsp3) is 0.143. The summed E-state index contributed by atoms with van der Waals surface area (Å²) < 4.78 is 8.13. The first-order valence-corrected chi connectivity index (χ1v) is 27.4. The van der Waals surface area contributed by atoms with E-state index in [2.05, 4.69) is 260 Å². The summed E-state index contributed by atoms with van der Waals surface area (Å²) in [6.45, 7) is 14.8. The standard InChI is InChI=1S/C56H54OSi3/c1-55(2,3)59(45-31-17-9-18-32-45,46-33-19-10-20-34-46)51-41-25-39-49-53(51)57-54-50(58(49,43-27-13-7-14-28-43)44-29-15-8-16-30-44)40-26-42-52(54)60(56(4,5)6,47-35-21-11-22-36-47)48-37-23-12-24-38-48/h7-42H,1-6H3. The number of benzene rings is 8. The van der Waals surface area contributed by atoms with E-state index in [0.717, 1.165) is 11.5 Å². The second-order valence-corrected chi connectivity index (χ2v) is 31.5. The lowest BCUT2D eigenvalue weighted by Gasteiger charge is -2.49. The fourth-order valence-electron chi connectivity index (χ4n) is 11.1. The molecule has 0 amide bonds. The van der Waals surface area contributed by atoms with E-state index in [1.165, 1.54) is 51.9 Å². The van der Waals surface area contributed by atoms with Crippen LogP contribution in [0.25, 0.3) is 0 Å². The molecule has 0 atom stereocenters. The Morgan fingerprint density at radius 1 is 0.317 bits per heavy atom. The molecule has 0 spiro atoms. The molecule has 0 N–H and O–H groups in total. The zero-order chi connectivity index (χ0) is 41.6. The topological polar surface area (TPSA) is 9.23 Å². The molecule has 8 aromatic rings. The van der Waals surface area contributed by atoms with Gasteiger partial charge in [-0.05, 0) is 61.9 Å². The van der Waals surface area contributed by atoms with Crippen LogP contribution in [0.15, 0.2) is 218 Å². The quantitative estimate of drug-likeness (QED) is 0.113. The van der Waals surface area contributed by atoms with Crippen LogP contribution in [0.4, 0.5) is 0 Å². The van der Waals surface area contributed by atoms with Crippen LogP contribution in [0.5, 0.6) is 11.5 Å². The Kier molecular flexibility index (Phi) is 10.1. The van der Waals surface area contributed by atoms with Crippen molar-refractivity contribution in [2.24, 2.45) is 0 Å². The summed E-state index contributed by atoms with van der Waals surface area (Å²) in [6.07, 6.45) is 0. The van der Waals surface area contributed by atoms with Gasteiger partial charge in [-0.25, -0.2) is 0 Å². The molecule has 1 aliphatic rings. The molecule has 0 radical (unpaired) electrons. The first kappa shape index (κ1) is 39.7. The lowest BCUT2D eigenvalue weighted by Crippen LogP contribution is -2.80. The number of hydrogen-bond donors (Lipinski definition) is 0. The van der Waals surface area contributed by atoms with Gasteiger partial charge < -0.3 is 4.74 Å². The van der Waals surface area contributed by atoms with Crippen LogP contribution in [0.1, 0.15) is 41.5 Å². The monoisotopic (exact) mass is 826 g/mol. The Labute approximate surface area is 360 Å². The number of para-hydroxylation sites is 2. The van der Waals surface area contributed by atoms with Crippen LogP contribution < -0.4 is 56.6 Å². The summed E-state index contributed by atoms with van der Waals surface area (Å²) in [7, 11) is -8.92. The summed E-state index contributed by atoms with van der Waals surface area (Å²) in [5, 5.41) is 13.3. The molecule has 0 fully saturated rings. The number of ether oxygens (including phenoxy) is 1. The minimum absolute atomic E-state index is 0.143. The van der Waals surface area contributed by atoms with E-state index in [-0.39, 0.29) is 10.1 Å². The second-order valence-electron chi connectivity index (χ2n) is 18.4. The predicted molar refractivity (Wildman–Crippen MR) is 265 cm³/mol. The van der Waals surface area contributed by atoms with Crippen LogP contribution in [-0.2, 0) is 0 Å². The van der Waals surface area contributed by atoms with Crippen molar-refractivity contribution >= 4 is 76.1 Å². The zero-order valence-electron chi connectivity index (χ0n) is 35.7. The molecule has 8 aromatic carbocycles. The molecule has 0 unspecified atom stereocenters. The van der Waals surface area contributed by atoms with Crippen molar-refractivity contribution in [3.8, 4) is 11.5 Å². The Morgan fingerprint density at radius 3 is 0.850 bits per heavy atom. The minimum Gasteiger partial charge on any atom is -0.458 e. The Bertz CT molecular complexity index is 2450. The highest BCUT2D eigenvalue weighted by atomic mass is 28.3. The molecule has 0 bridgehead atoms. The second kappa shape index (κ2) is 15.3. The SMILES string of the molecule is CC(C)(C)[Si](c1ccccc1)(c1ccccc1)c1cccc2c1Oc1c(cccc1[Si](c1ccccc1)(c1ccccc1)C(C)(C)C)[Si]2(c1ccccc1)c1ccccc1. The van der Waals surface area contributed by atoms with Gasteiger partial charge in [0.15, 0.2) is 24.2 Å². The number of fused-ring (bicyclic) bond motifs is 2. The number of rotatable bonds is 8. The lowest BCUT2D eigenvalue weighted by molar-refractivity contribution is 0.493. The predicted octanol–water partition coefficient (Wildman–Crippen LogP) is 7.71. The van der Waals surface area contributed by atoms with E-state index in [4.69, 9.17) is 4.74 Å². The molecule has 60 heavy (non-hydrogen) atoms. The molecular formula is C56H54OSi3. The maximum Gasteiger partial charge on any atom is 0.188 e. The minimum atomic E-state index is -3.10. The van der Waals surface area contributed by atoms with Crippen LogP contribution in [0.3, 0.4) is 0 Å². The maximum atomic E-state index is 8.13. The fourth-order valence-corrected chi connectivity index (χ4v) is 27.9. The molecule has 9 rings (SSSR count). The zero-order valence-corrected chi connectivity index (χ0v) is 38.7. The number of hydrogen-bond acceptors (Lipinski definition) is 1. The Hall–Kier alpha value is -5.79. The first-order chi connectivity index (χ1) is 29.1. The highest BCUT2D eigenvalue weighted by molar-refractivity contribution is 7.22. The van der Waals surface area contributed by atoms with E-state index < -0.39 is 24.2 Å². The average molecular weight is 827 g/mol. The highest BCUT2D eigenvalue weighted by Gasteiger charge is 2.57. The molecule has 1 heterocycles. The third kappa shape index (κ3) is 5.91. The van der Waals surface area contributed by atoms with Crippen molar-refractivity contribution in [3.63, 3.8) is 0 Å². The molecular weight excluding hydrogens is 773 g/mol. The van der Waals surface area contributed by atoms with Gasteiger partial charge in [-0.1, -0.05) is 260 Å². The van der Waals surface area contributed by atoms with Crippen LogP contribution in [0.2, 0.25) is 10.1 Å². The van der Waals surface area contributed by atoms with Gasteiger partial charge in [-0.15, -0.1) is 0 Å².